The van der Waals surface area contributed by atoms with Crippen LogP contribution in [0, 0.1) is 0 Å². The van der Waals surface area contributed by atoms with Crippen molar-refractivity contribution in [2.75, 3.05) is 13.7 Å². The molecule has 1 aliphatic heterocycles. The van der Waals surface area contributed by atoms with Crippen LogP contribution in [-0.2, 0) is 14.3 Å². The molecule has 0 N–H and O–H groups in total. The molecule has 1 aromatic rings. The van der Waals surface area contributed by atoms with Crippen LogP contribution in [0.5, 0.6) is 0 Å². The van der Waals surface area contributed by atoms with Crippen LogP contribution >= 0.6 is 0 Å². The van der Waals surface area contributed by atoms with Crippen molar-refractivity contribution >= 4 is 11.8 Å². The maximum atomic E-state index is 11.8. The normalized spacial score (nSPS) is 22.0. The van der Waals surface area contributed by atoms with Gasteiger partial charge in [-0.25, -0.2) is 0 Å². The van der Waals surface area contributed by atoms with E-state index < -0.39 is 6.04 Å². The Morgan fingerprint density at radius 1 is 1.37 bits per heavy atom. The molecule has 0 spiro atoms. The van der Waals surface area contributed by atoms with E-state index in [9.17, 15) is 9.59 Å². The van der Waals surface area contributed by atoms with Crippen molar-refractivity contribution in [3.05, 3.63) is 35.9 Å². The summed E-state index contributed by atoms with van der Waals surface area (Å²) in [7, 11) is 1.37. The lowest BCUT2D eigenvalue weighted by Gasteiger charge is -2.37. The lowest BCUT2D eigenvalue weighted by atomic mass is 9.96. The van der Waals surface area contributed by atoms with Gasteiger partial charge in [0.2, 0.25) is 0 Å². The number of carbonyl (C=O) groups excluding carboxylic acids is 2. The van der Waals surface area contributed by atoms with Crippen LogP contribution in [0.1, 0.15) is 31.4 Å². The lowest BCUT2D eigenvalue weighted by molar-refractivity contribution is -0.152. The van der Waals surface area contributed by atoms with E-state index in [1.54, 1.807) is 0 Å². The zero-order valence-electron chi connectivity index (χ0n) is 11.3. The Balaban J connectivity index is 2.20. The minimum Gasteiger partial charge on any atom is -0.468 e. The Hall–Kier alpha value is -1.68. The van der Waals surface area contributed by atoms with Crippen LogP contribution in [0.2, 0.25) is 0 Å². The van der Waals surface area contributed by atoms with Gasteiger partial charge in [-0.3, -0.25) is 14.5 Å². The van der Waals surface area contributed by atoms with Crippen molar-refractivity contribution in [3.8, 4) is 0 Å². The first kappa shape index (κ1) is 13.7. The molecule has 1 saturated heterocycles. The van der Waals surface area contributed by atoms with E-state index in [4.69, 9.17) is 4.74 Å². The summed E-state index contributed by atoms with van der Waals surface area (Å²) in [6, 6.07) is 9.64. The highest BCUT2D eigenvalue weighted by Crippen LogP contribution is 2.27. The molecule has 1 fully saturated rings. The number of piperidine rings is 1. The van der Waals surface area contributed by atoms with Crippen LogP contribution < -0.4 is 0 Å². The molecule has 19 heavy (non-hydrogen) atoms. The summed E-state index contributed by atoms with van der Waals surface area (Å²) in [5, 5.41) is 0. The number of benzene rings is 1. The Kier molecular flexibility index (Phi) is 4.32. The standard InChI is InChI=1S/C15H19NO3/c1-11(12-6-4-3-5-7-12)16-9-8-13(17)10-14(16)15(18)19-2/h3-7,11,14H,8-10H2,1-2H3/t11-,14-/m1/s1. The van der Waals surface area contributed by atoms with Gasteiger partial charge in [-0.1, -0.05) is 30.3 Å². The number of ketones is 1. The van der Waals surface area contributed by atoms with Gasteiger partial charge in [0.05, 0.1) is 7.11 Å². The molecule has 0 amide bonds. The number of Topliss-reactive ketones (excluding diaryl/α,β-unsaturated/α-hetero) is 1. The molecule has 4 heteroatoms. The summed E-state index contributed by atoms with van der Waals surface area (Å²) in [5.74, 6) is -0.192. The molecular formula is C15H19NO3. The maximum Gasteiger partial charge on any atom is 0.323 e. The molecule has 1 heterocycles. The number of carbonyl (C=O) groups is 2. The zero-order valence-corrected chi connectivity index (χ0v) is 11.3. The number of nitrogens with zero attached hydrogens (tertiary/aromatic N) is 1. The highest BCUT2D eigenvalue weighted by molar-refractivity contribution is 5.87. The van der Waals surface area contributed by atoms with Crippen molar-refractivity contribution in [1.82, 2.24) is 4.90 Å². The molecule has 1 aromatic carbocycles. The second-order valence-electron chi connectivity index (χ2n) is 4.86. The molecule has 102 valence electrons. The average Bonchev–Trinajstić information content (AvgIpc) is 2.46. The second kappa shape index (κ2) is 5.97. The largest absolute Gasteiger partial charge is 0.468 e. The molecule has 0 bridgehead atoms. The van der Waals surface area contributed by atoms with Crippen molar-refractivity contribution < 1.29 is 14.3 Å². The highest BCUT2D eigenvalue weighted by Gasteiger charge is 2.36. The van der Waals surface area contributed by atoms with E-state index in [-0.39, 0.29) is 24.2 Å². The minimum absolute atomic E-state index is 0.0957. The van der Waals surface area contributed by atoms with Crippen LogP contribution in [0.15, 0.2) is 30.3 Å². The number of hydrogen-bond acceptors (Lipinski definition) is 4. The molecule has 0 saturated carbocycles. The molecule has 0 aliphatic carbocycles. The summed E-state index contributed by atoms with van der Waals surface area (Å²) < 4.78 is 4.82. The van der Waals surface area contributed by atoms with Crippen LogP contribution in [-0.4, -0.2) is 36.3 Å². The summed E-state index contributed by atoms with van der Waals surface area (Å²) in [4.78, 5) is 25.5. The average molecular weight is 261 g/mol. The predicted octanol–water partition coefficient (Wildman–Crippen LogP) is 1.95. The van der Waals surface area contributed by atoms with E-state index in [2.05, 4.69) is 11.8 Å². The van der Waals surface area contributed by atoms with Gasteiger partial charge in [-0.05, 0) is 12.5 Å². The Labute approximate surface area is 113 Å². The summed E-state index contributed by atoms with van der Waals surface area (Å²) in [6.45, 7) is 2.66. The van der Waals surface area contributed by atoms with Gasteiger partial charge in [0.15, 0.2) is 0 Å². The van der Waals surface area contributed by atoms with Gasteiger partial charge >= 0.3 is 5.97 Å². The number of likely N-dealkylation sites (tertiary alicyclic amines) is 1. The van der Waals surface area contributed by atoms with E-state index >= 15 is 0 Å². The highest BCUT2D eigenvalue weighted by atomic mass is 16.5. The Morgan fingerprint density at radius 3 is 2.68 bits per heavy atom. The molecule has 4 nitrogen and oxygen atoms in total. The monoisotopic (exact) mass is 261 g/mol. The molecule has 2 atom stereocenters. The minimum atomic E-state index is -0.457. The maximum absolute atomic E-state index is 11.8. The quantitative estimate of drug-likeness (QED) is 0.780. The van der Waals surface area contributed by atoms with Crippen molar-refractivity contribution in [3.63, 3.8) is 0 Å². The third-order valence-corrected chi connectivity index (χ3v) is 3.72. The van der Waals surface area contributed by atoms with E-state index in [1.165, 1.54) is 7.11 Å². The number of esters is 1. The molecule has 2 rings (SSSR count). The number of hydrogen-bond donors (Lipinski definition) is 0. The van der Waals surface area contributed by atoms with E-state index in [1.807, 2.05) is 30.3 Å². The fourth-order valence-corrected chi connectivity index (χ4v) is 2.59. The van der Waals surface area contributed by atoms with Gasteiger partial charge in [0.1, 0.15) is 11.8 Å². The first-order valence-electron chi connectivity index (χ1n) is 6.53. The Morgan fingerprint density at radius 2 is 2.05 bits per heavy atom. The van der Waals surface area contributed by atoms with Gasteiger partial charge in [-0.2, -0.15) is 0 Å². The fraction of sp³-hybridized carbons (Fsp3) is 0.467. The molecule has 0 unspecified atom stereocenters. The number of methoxy groups -OCH3 is 1. The second-order valence-corrected chi connectivity index (χ2v) is 4.86. The van der Waals surface area contributed by atoms with Crippen molar-refractivity contribution in [1.29, 1.82) is 0 Å². The fourth-order valence-electron chi connectivity index (χ4n) is 2.59. The third-order valence-electron chi connectivity index (χ3n) is 3.72. The summed E-state index contributed by atoms with van der Waals surface area (Å²) in [5.41, 5.74) is 1.14. The molecule has 1 aliphatic rings. The van der Waals surface area contributed by atoms with Crippen molar-refractivity contribution in [2.24, 2.45) is 0 Å². The zero-order chi connectivity index (χ0) is 13.8. The van der Waals surface area contributed by atoms with Crippen LogP contribution in [0.3, 0.4) is 0 Å². The SMILES string of the molecule is COC(=O)[C@H]1CC(=O)CCN1[C@H](C)c1ccccc1. The van der Waals surface area contributed by atoms with E-state index in [0.29, 0.717) is 13.0 Å². The van der Waals surface area contributed by atoms with Gasteiger partial charge < -0.3 is 4.74 Å². The third kappa shape index (κ3) is 3.01. The van der Waals surface area contributed by atoms with Gasteiger partial charge in [0, 0.05) is 25.4 Å². The number of ether oxygens (including phenoxy) is 1. The van der Waals surface area contributed by atoms with E-state index in [0.717, 1.165) is 5.56 Å². The van der Waals surface area contributed by atoms with Crippen LogP contribution in [0.25, 0.3) is 0 Å². The van der Waals surface area contributed by atoms with Crippen molar-refractivity contribution in [2.45, 2.75) is 31.8 Å². The topological polar surface area (TPSA) is 46.6 Å². The smallest absolute Gasteiger partial charge is 0.323 e. The predicted molar refractivity (Wildman–Crippen MR) is 71.6 cm³/mol. The first-order valence-corrected chi connectivity index (χ1v) is 6.53. The molecular weight excluding hydrogens is 242 g/mol. The van der Waals surface area contributed by atoms with Crippen LogP contribution in [0.4, 0.5) is 0 Å². The van der Waals surface area contributed by atoms with Gasteiger partial charge in [-0.15, -0.1) is 0 Å². The lowest BCUT2D eigenvalue weighted by Crippen LogP contribution is -2.48. The Bertz CT molecular complexity index is 458. The summed E-state index contributed by atoms with van der Waals surface area (Å²) >= 11 is 0. The molecule has 0 radical (unpaired) electrons. The summed E-state index contributed by atoms with van der Waals surface area (Å²) in [6.07, 6.45) is 0.758. The molecule has 0 aromatic heterocycles. The number of rotatable bonds is 3. The first-order chi connectivity index (χ1) is 9.13. The van der Waals surface area contributed by atoms with Gasteiger partial charge in [0.25, 0.3) is 0 Å².